The lowest BCUT2D eigenvalue weighted by Crippen LogP contribution is -2.32. The van der Waals surface area contributed by atoms with Gasteiger partial charge in [0, 0.05) is 24.4 Å². The average Bonchev–Trinajstić information content (AvgIpc) is 2.37. The van der Waals surface area contributed by atoms with Crippen LogP contribution in [0.15, 0.2) is 36.7 Å². The number of aliphatic hydroxyl groups excluding tert-OH is 1. The standard InChI is InChI=1S/C15H19NO2/c1-4-18-15(2,3)14(17)13-7-5-6-11-10-16-9-8-12(11)13/h5-10,14,17H,4H2,1-3H3. The first kappa shape index (κ1) is 13.0. The van der Waals surface area contributed by atoms with Gasteiger partial charge < -0.3 is 9.84 Å². The van der Waals surface area contributed by atoms with Crippen LogP contribution in [0.3, 0.4) is 0 Å². The topological polar surface area (TPSA) is 42.4 Å². The fourth-order valence-corrected chi connectivity index (χ4v) is 2.21. The number of ether oxygens (including phenoxy) is 1. The second-order valence-electron chi connectivity index (χ2n) is 4.88. The van der Waals surface area contributed by atoms with E-state index in [9.17, 15) is 5.11 Å². The molecule has 0 aliphatic carbocycles. The average molecular weight is 245 g/mol. The van der Waals surface area contributed by atoms with E-state index >= 15 is 0 Å². The lowest BCUT2D eigenvalue weighted by molar-refractivity contribution is -0.0978. The van der Waals surface area contributed by atoms with Gasteiger partial charge in [-0.05, 0) is 37.8 Å². The van der Waals surface area contributed by atoms with Crippen molar-refractivity contribution in [1.82, 2.24) is 4.98 Å². The van der Waals surface area contributed by atoms with Crippen molar-refractivity contribution in [3.05, 3.63) is 42.2 Å². The van der Waals surface area contributed by atoms with Crippen molar-refractivity contribution in [2.24, 2.45) is 0 Å². The molecule has 18 heavy (non-hydrogen) atoms. The van der Waals surface area contributed by atoms with Crippen molar-refractivity contribution in [2.75, 3.05) is 6.61 Å². The molecule has 96 valence electrons. The molecule has 1 aromatic carbocycles. The van der Waals surface area contributed by atoms with Gasteiger partial charge in [-0.2, -0.15) is 0 Å². The Morgan fingerprint density at radius 1 is 1.33 bits per heavy atom. The van der Waals surface area contributed by atoms with Gasteiger partial charge >= 0.3 is 0 Å². The van der Waals surface area contributed by atoms with Crippen LogP contribution >= 0.6 is 0 Å². The van der Waals surface area contributed by atoms with Gasteiger partial charge in [-0.25, -0.2) is 0 Å². The van der Waals surface area contributed by atoms with E-state index in [0.29, 0.717) is 6.61 Å². The van der Waals surface area contributed by atoms with Crippen LogP contribution in [0.4, 0.5) is 0 Å². The number of fused-ring (bicyclic) bond motifs is 1. The van der Waals surface area contributed by atoms with E-state index in [1.54, 1.807) is 12.4 Å². The highest BCUT2D eigenvalue weighted by molar-refractivity contribution is 5.85. The zero-order valence-corrected chi connectivity index (χ0v) is 11.1. The summed E-state index contributed by atoms with van der Waals surface area (Å²) in [6.07, 6.45) is 2.88. The van der Waals surface area contributed by atoms with Crippen LogP contribution in [0.2, 0.25) is 0 Å². The van der Waals surface area contributed by atoms with E-state index in [4.69, 9.17) is 4.74 Å². The first-order chi connectivity index (χ1) is 8.56. The van der Waals surface area contributed by atoms with Crippen LogP contribution < -0.4 is 0 Å². The SMILES string of the molecule is CCOC(C)(C)C(O)c1cccc2cnccc12. The third-order valence-corrected chi connectivity index (χ3v) is 3.18. The Kier molecular flexibility index (Phi) is 3.64. The monoisotopic (exact) mass is 245 g/mol. The van der Waals surface area contributed by atoms with E-state index in [-0.39, 0.29) is 0 Å². The first-order valence-electron chi connectivity index (χ1n) is 6.21. The van der Waals surface area contributed by atoms with Gasteiger partial charge in [-0.3, -0.25) is 4.98 Å². The molecule has 0 amide bonds. The minimum Gasteiger partial charge on any atom is -0.385 e. The number of nitrogens with zero attached hydrogens (tertiary/aromatic N) is 1. The van der Waals surface area contributed by atoms with Gasteiger partial charge in [0.25, 0.3) is 0 Å². The summed E-state index contributed by atoms with van der Waals surface area (Å²) in [6.45, 7) is 6.32. The van der Waals surface area contributed by atoms with Gasteiger partial charge in [-0.15, -0.1) is 0 Å². The van der Waals surface area contributed by atoms with Crippen molar-refractivity contribution in [3.63, 3.8) is 0 Å². The van der Waals surface area contributed by atoms with Crippen LogP contribution in [0.25, 0.3) is 10.8 Å². The number of aliphatic hydroxyl groups is 1. The number of benzene rings is 1. The lowest BCUT2D eigenvalue weighted by atomic mass is 9.91. The summed E-state index contributed by atoms with van der Waals surface area (Å²) in [7, 11) is 0. The molecule has 1 heterocycles. The molecule has 3 heteroatoms. The van der Waals surface area contributed by atoms with E-state index in [2.05, 4.69) is 4.98 Å². The summed E-state index contributed by atoms with van der Waals surface area (Å²) in [4.78, 5) is 4.10. The van der Waals surface area contributed by atoms with Crippen LogP contribution in [-0.2, 0) is 4.74 Å². The third-order valence-electron chi connectivity index (χ3n) is 3.18. The van der Waals surface area contributed by atoms with Gasteiger partial charge in [0.15, 0.2) is 0 Å². The predicted octanol–water partition coefficient (Wildman–Crippen LogP) is 3.08. The zero-order chi connectivity index (χ0) is 13.2. The maximum absolute atomic E-state index is 10.5. The van der Waals surface area contributed by atoms with Gasteiger partial charge in [0.05, 0.1) is 5.60 Å². The largest absolute Gasteiger partial charge is 0.385 e. The minimum absolute atomic E-state index is 0.580. The maximum Gasteiger partial charge on any atom is 0.108 e. The summed E-state index contributed by atoms with van der Waals surface area (Å²) in [5.41, 5.74) is 0.278. The molecule has 0 radical (unpaired) electrons. The molecule has 3 nitrogen and oxygen atoms in total. The van der Waals surface area contributed by atoms with Gasteiger partial charge in [0.1, 0.15) is 6.10 Å². The van der Waals surface area contributed by atoms with Gasteiger partial charge in [0.2, 0.25) is 0 Å². The van der Waals surface area contributed by atoms with Crippen LogP contribution in [0.1, 0.15) is 32.4 Å². The van der Waals surface area contributed by atoms with E-state index < -0.39 is 11.7 Å². The van der Waals surface area contributed by atoms with Crippen LogP contribution in [-0.4, -0.2) is 22.3 Å². The lowest BCUT2D eigenvalue weighted by Gasteiger charge is -2.31. The fourth-order valence-electron chi connectivity index (χ4n) is 2.21. The predicted molar refractivity (Wildman–Crippen MR) is 72.4 cm³/mol. The Labute approximate surface area is 107 Å². The van der Waals surface area contributed by atoms with Crippen LogP contribution in [0.5, 0.6) is 0 Å². The first-order valence-corrected chi connectivity index (χ1v) is 6.21. The number of hydrogen-bond acceptors (Lipinski definition) is 3. The van der Waals surface area contributed by atoms with E-state index in [1.165, 1.54) is 0 Å². The molecule has 0 spiro atoms. The molecule has 2 aromatic rings. The number of aromatic nitrogens is 1. The molecule has 0 saturated heterocycles. The molecule has 1 N–H and O–H groups in total. The van der Waals surface area contributed by atoms with Crippen molar-refractivity contribution in [1.29, 1.82) is 0 Å². The van der Waals surface area contributed by atoms with E-state index in [1.807, 2.05) is 45.0 Å². The summed E-state index contributed by atoms with van der Waals surface area (Å²) >= 11 is 0. The van der Waals surface area contributed by atoms with Crippen LogP contribution in [0, 0.1) is 0 Å². The molecule has 0 aliphatic rings. The highest BCUT2D eigenvalue weighted by Crippen LogP contribution is 2.32. The zero-order valence-electron chi connectivity index (χ0n) is 11.1. The molecule has 1 atom stereocenters. The highest BCUT2D eigenvalue weighted by atomic mass is 16.5. The summed E-state index contributed by atoms with van der Waals surface area (Å²) in [5.74, 6) is 0. The molecule has 2 rings (SSSR count). The third kappa shape index (κ3) is 2.37. The second-order valence-corrected chi connectivity index (χ2v) is 4.88. The molecule has 0 bridgehead atoms. The quantitative estimate of drug-likeness (QED) is 0.900. The van der Waals surface area contributed by atoms with Crippen molar-refractivity contribution in [3.8, 4) is 0 Å². The molecule has 1 aromatic heterocycles. The molecular formula is C15H19NO2. The van der Waals surface area contributed by atoms with Gasteiger partial charge in [-0.1, -0.05) is 18.2 Å². The molecule has 0 saturated carbocycles. The minimum atomic E-state index is -0.663. The van der Waals surface area contributed by atoms with E-state index in [0.717, 1.165) is 16.3 Å². The van der Waals surface area contributed by atoms with Crippen molar-refractivity contribution >= 4 is 10.8 Å². The Balaban J connectivity index is 2.48. The number of pyridine rings is 1. The Morgan fingerprint density at radius 3 is 2.83 bits per heavy atom. The normalized spacial score (nSPS) is 13.8. The Morgan fingerprint density at radius 2 is 2.11 bits per heavy atom. The highest BCUT2D eigenvalue weighted by Gasteiger charge is 2.30. The smallest absolute Gasteiger partial charge is 0.108 e. The molecule has 1 unspecified atom stereocenters. The number of rotatable bonds is 4. The maximum atomic E-state index is 10.5. The van der Waals surface area contributed by atoms with Crippen molar-refractivity contribution < 1.29 is 9.84 Å². The summed E-state index contributed by atoms with van der Waals surface area (Å²) in [6, 6.07) is 7.79. The molecule has 0 fully saturated rings. The van der Waals surface area contributed by atoms with Crippen molar-refractivity contribution in [2.45, 2.75) is 32.5 Å². The summed E-state index contributed by atoms with van der Waals surface area (Å²) in [5, 5.41) is 12.6. The molecule has 0 aliphatic heterocycles. The molecular weight excluding hydrogens is 226 g/mol. The number of hydrogen-bond donors (Lipinski definition) is 1. The Bertz CT molecular complexity index is 532. The summed E-state index contributed by atoms with van der Waals surface area (Å²) < 4.78 is 5.63. The fraction of sp³-hybridized carbons (Fsp3) is 0.400. The Hall–Kier alpha value is -1.45. The second kappa shape index (κ2) is 5.04.